The number of hydrogen-bond donors (Lipinski definition) is 2. The van der Waals surface area contributed by atoms with E-state index in [4.69, 9.17) is 15.2 Å². The van der Waals surface area contributed by atoms with Crippen LogP contribution in [0.15, 0.2) is 24.3 Å². The van der Waals surface area contributed by atoms with Crippen LogP contribution in [0.2, 0.25) is 0 Å². The highest BCUT2D eigenvalue weighted by Crippen LogP contribution is 2.28. The van der Waals surface area contributed by atoms with Crippen LogP contribution in [-0.2, 0) is 4.79 Å². The topological polar surface area (TPSA) is 73.6 Å². The Labute approximate surface area is 125 Å². The molecule has 0 heterocycles. The van der Waals surface area contributed by atoms with E-state index in [9.17, 15) is 4.79 Å². The van der Waals surface area contributed by atoms with Crippen molar-refractivity contribution in [1.82, 2.24) is 5.32 Å². The van der Waals surface area contributed by atoms with Gasteiger partial charge in [-0.05, 0) is 38.8 Å². The molecule has 5 heteroatoms. The maximum Gasteiger partial charge on any atom is 0.237 e. The molecule has 1 aromatic rings. The second-order valence-electron chi connectivity index (χ2n) is 5.59. The minimum absolute atomic E-state index is 0.337. The molecule has 0 aromatic heterocycles. The third kappa shape index (κ3) is 4.36. The summed E-state index contributed by atoms with van der Waals surface area (Å²) in [5.74, 6) is 1.07. The molecular weight excluding hydrogens is 268 g/mol. The van der Waals surface area contributed by atoms with Crippen molar-refractivity contribution in [2.75, 3.05) is 13.2 Å². The van der Waals surface area contributed by atoms with E-state index in [1.807, 2.05) is 38.1 Å². The van der Waals surface area contributed by atoms with Crippen LogP contribution >= 0.6 is 0 Å². The first-order valence-corrected chi connectivity index (χ1v) is 7.47. The number of amides is 1. The van der Waals surface area contributed by atoms with Crippen molar-refractivity contribution in [2.24, 2.45) is 5.73 Å². The lowest BCUT2D eigenvalue weighted by atomic mass is 9.97. The summed E-state index contributed by atoms with van der Waals surface area (Å²) in [7, 11) is 0. The Bertz CT molecular complexity index is 488. The molecule has 1 aromatic carbocycles. The summed E-state index contributed by atoms with van der Waals surface area (Å²) in [5.41, 5.74) is 4.80. The van der Waals surface area contributed by atoms with E-state index in [1.54, 1.807) is 0 Å². The molecule has 1 atom stereocenters. The Kier molecular flexibility index (Phi) is 5.07. The van der Waals surface area contributed by atoms with Crippen LogP contribution in [0.1, 0.15) is 33.1 Å². The zero-order valence-electron chi connectivity index (χ0n) is 12.7. The summed E-state index contributed by atoms with van der Waals surface area (Å²) in [4.78, 5) is 11.7. The molecule has 116 valence electrons. The zero-order valence-corrected chi connectivity index (χ0v) is 12.7. The number of hydrogen-bond acceptors (Lipinski definition) is 4. The molecule has 0 bridgehead atoms. The van der Waals surface area contributed by atoms with Gasteiger partial charge in [-0.3, -0.25) is 4.79 Å². The van der Waals surface area contributed by atoms with E-state index in [1.165, 1.54) is 0 Å². The summed E-state index contributed by atoms with van der Waals surface area (Å²) in [5, 5.41) is 3.31. The fourth-order valence-corrected chi connectivity index (χ4v) is 2.15. The summed E-state index contributed by atoms with van der Waals surface area (Å²) in [6.07, 6.45) is 2.74. The molecule has 0 saturated heterocycles. The third-order valence-electron chi connectivity index (χ3n) is 3.65. The molecule has 1 saturated carbocycles. The van der Waals surface area contributed by atoms with Gasteiger partial charge in [-0.1, -0.05) is 12.1 Å². The van der Waals surface area contributed by atoms with Crippen molar-refractivity contribution in [3.8, 4) is 11.5 Å². The molecule has 1 fully saturated rings. The molecule has 1 amide bonds. The molecule has 3 N–H and O–H groups in total. The molecular formula is C16H24N2O3. The van der Waals surface area contributed by atoms with E-state index in [0.717, 1.165) is 18.6 Å². The molecule has 21 heavy (non-hydrogen) atoms. The zero-order chi connectivity index (χ0) is 15.3. The Morgan fingerprint density at radius 3 is 2.48 bits per heavy atom. The van der Waals surface area contributed by atoms with E-state index in [0.29, 0.717) is 31.4 Å². The van der Waals surface area contributed by atoms with Gasteiger partial charge >= 0.3 is 0 Å². The Morgan fingerprint density at radius 2 is 1.95 bits per heavy atom. The van der Waals surface area contributed by atoms with Crippen molar-refractivity contribution < 1.29 is 14.3 Å². The van der Waals surface area contributed by atoms with E-state index < -0.39 is 5.54 Å². The summed E-state index contributed by atoms with van der Waals surface area (Å²) >= 11 is 0. The molecule has 1 aliphatic rings. The lowest BCUT2D eigenvalue weighted by molar-refractivity contribution is -0.124. The molecule has 1 unspecified atom stereocenters. The minimum Gasteiger partial charge on any atom is -0.490 e. The van der Waals surface area contributed by atoms with Gasteiger partial charge in [-0.2, -0.15) is 0 Å². The number of nitrogens with two attached hydrogens (primary N) is 1. The first kappa shape index (κ1) is 15.6. The van der Waals surface area contributed by atoms with Gasteiger partial charge in [0.2, 0.25) is 5.91 Å². The third-order valence-corrected chi connectivity index (χ3v) is 3.65. The molecule has 2 rings (SSSR count). The maximum absolute atomic E-state index is 11.7. The van der Waals surface area contributed by atoms with Crippen LogP contribution in [0.25, 0.3) is 0 Å². The normalized spacial score (nSPS) is 17.0. The summed E-state index contributed by atoms with van der Waals surface area (Å²) in [6, 6.07) is 7.95. The number of para-hydroxylation sites is 2. The van der Waals surface area contributed by atoms with Crippen molar-refractivity contribution in [1.29, 1.82) is 0 Å². The predicted molar refractivity (Wildman–Crippen MR) is 81.5 cm³/mol. The van der Waals surface area contributed by atoms with Crippen LogP contribution in [0.3, 0.4) is 0 Å². The van der Waals surface area contributed by atoms with Gasteiger partial charge in [-0.15, -0.1) is 0 Å². The lowest BCUT2D eigenvalue weighted by Gasteiger charge is -2.27. The highest BCUT2D eigenvalue weighted by molar-refractivity contribution is 5.84. The molecule has 0 radical (unpaired) electrons. The number of benzene rings is 1. The van der Waals surface area contributed by atoms with Crippen molar-refractivity contribution >= 4 is 5.91 Å². The first-order chi connectivity index (χ1) is 10.0. The number of ether oxygens (including phenoxy) is 2. The largest absolute Gasteiger partial charge is 0.490 e. The highest BCUT2D eigenvalue weighted by Gasteiger charge is 2.36. The SMILES string of the molecule is CCOc1ccccc1OCCC(C)(NC1CC1)C(N)=O. The van der Waals surface area contributed by atoms with Crippen molar-refractivity contribution in [3.05, 3.63) is 24.3 Å². The Hall–Kier alpha value is -1.75. The number of carbonyl (C=O) groups excluding carboxylic acids is 1. The van der Waals surface area contributed by atoms with Crippen molar-refractivity contribution in [3.63, 3.8) is 0 Å². The quantitative estimate of drug-likeness (QED) is 0.728. The van der Waals surface area contributed by atoms with Gasteiger partial charge in [-0.25, -0.2) is 0 Å². The van der Waals surface area contributed by atoms with Crippen LogP contribution in [0.5, 0.6) is 11.5 Å². The standard InChI is InChI=1S/C16H24N2O3/c1-3-20-13-6-4-5-7-14(13)21-11-10-16(2,15(17)19)18-12-8-9-12/h4-7,12,18H,3,8-11H2,1-2H3,(H2,17,19). The van der Waals surface area contributed by atoms with Gasteiger partial charge in [0.15, 0.2) is 11.5 Å². The van der Waals surface area contributed by atoms with Crippen molar-refractivity contribution in [2.45, 2.75) is 44.7 Å². The fraction of sp³-hybridized carbons (Fsp3) is 0.562. The number of carbonyl (C=O) groups is 1. The van der Waals surface area contributed by atoms with Gasteiger partial charge in [0.25, 0.3) is 0 Å². The molecule has 0 aliphatic heterocycles. The predicted octanol–water partition coefficient (Wildman–Crippen LogP) is 1.85. The average molecular weight is 292 g/mol. The first-order valence-electron chi connectivity index (χ1n) is 7.47. The van der Waals surface area contributed by atoms with Gasteiger partial charge in [0.1, 0.15) is 0 Å². The van der Waals surface area contributed by atoms with Gasteiger partial charge < -0.3 is 20.5 Å². The number of nitrogens with one attached hydrogen (secondary N) is 1. The molecule has 5 nitrogen and oxygen atoms in total. The number of primary amides is 1. The van der Waals surface area contributed by atoms with Crippen LogP contribution < -0.4 is 20.5 Å². The highest BCUT2D eigenvalue weighted by atomic mass is 16.5. The van der Waals surface area contributed by atoms with Gasteiger partial charge in [0.05, 0.1) is 18.8 Å². The maximum atomic E-state index is 11.7. The van der Waals surface area contributed by atoms with E-state index in [-0.39, 0.29) is 5.91 Å². The molecule has 1 aliphatic carbocycles. The van der Waals surface area contributed by atoms with E-state index in [2.05, 4.69) is 5.32 Å². The number of rotatable bonds is 9. The van der Waals surface area contributed by atoms with E-state index >= 15 is 0 Å². The lowest BCUT2D eigenvalue weighted by Crippen LogP contribution is -2.54. The smallest absolute Gasteiger partial charge is 0.237 e. The fourth-order valence-electron chi connectivity index (χ4n) is 2.15. The van der Waals surface area contributed by atoms with Crippen LogP contribution in [0, 0.1) is 0 Å². The monoisotopic (exact) mass is 292 g/mol. The van der Waals surface area contributed by atoms with Crippen LogP contribution in [-0.4, -0.2) is 30.7 Å². The minimum atomic E-state index is -0.721. The second-order valence-corrected chi connectivity index (χ2v) is 5.59. The summed E-state index contributed by atoms with van der Waals surface area (Å²) < 4.78 is 11.3. The molecule has 0 spiro atoms. The van der Waals surface area contributed by atoms with Gasteiger partial charge in [0, 0.05) is 12.5 Å². The Morgan fingerprint density at radius 1 is 1.33 bits per heavy atom. The summed E-state index contributed by atoms with van der Waals surface area (Å²) in [6.45, 7) is 4.76. The second kappa shape index (κ2) is 6.80. The van der Waals surface area contributed by atoms with Crippen LogP contribution in [0.4, 0.5) is 0 Å². The Balaban J connectivity index is 1.91. The average Bonchev–Trinajstić information content (AvgIpc) is 3.24.